The Bertz CT molecular complexity index is 601. The van der Waals surface area contributed by atoms with E-state index in [-0.39, 0.29) is 12.5 Å². The van der Waals surface area contributed by atoms with Crippen molar-refractivity contribution in [1.29, 1.82) is 0 Å². The predicted octanol–water partition coefficient (Wildman–Crippen LogP) is 1.73. The molecule has 2 N–H and O–H groups in total. The van der Waals surface area contributed by atoms with Crippen molar-refractivity contribution in [3.8, 4) is 0 Å². The first kappa shape index (κ1) is 13.1. The van der Waals surface area contributed by atoms with E-state index in [4.69, 9.17) is 10.5 Å². The molecule has 2 aromatic rings. The number of nitrogens with two attached hydrogens (primary N) is 1. The number of nitrogens with zero attached hydrogens (tertiary/aromatic N) is 2. The molecule has 1 unspecified atom stereocenters. The second-order valence-electron chi connectivity index (χ2n) is 4.71. The summed E-state index contributed by atoms with van der Waals surface area (Å²) in [6.07, 6.45) is 4.07. The third kappa shape index (κ3) is 2.96. The maximum Gasteiger partial charge on any atom is 0.327 e. The molecule has 0 saturated heterocycles. The topological polar surface area (TPSA) is 70.1 Å². The molecular formula is C14H15N3O2S. The number of benzene rings is 1. The average molecular weight is 289 g/mol. The Morgan fingerprint density at radius 1 is 1.50 bits per heavy atom. The van der Waals surface area contributed by atoms with Crippen LogP contribution in [0.3, 0.4) is 0 Å². The SMILES string of the molecule is Nc1cnn(CC(=O)OCC2Cc3ccccc3S2)c1. The molecule has 104 valence electrons. The first-order valence-corrected chi connectivity index (χ1v) is 7.27. The fourth-order valence-electron chi connectivity index (χ4n) is 2.18. The molecular weight excluding hydrogens is 274 g/mol. The van der Waals surface area contributed by atoms with E-state index in [2.05, 4.69) is 17.2 Å². The Balaban J connectivity index is 1.48. The van der Waals surface area contributed by atoms with Crippen molar-refractivity contribution in [1.82, 2.24) is 9.78 Å². The van der Waals surface area contributed by atoms with Gasteiger partial charge in [-0.3, -0.25) is 9.48 Å². The number of esters is 1. The van der Waals surface area contributed by atoms with E-state index in [1.807, 2.05) is 12.1 Å². The van der Waals surface area contributed by atoms with E-state index in [1.165, 1.54) is 21.3 Å². The molecule has 3 rings (SSSR count). The standard InChI is InChI=1S/C14H15N3O2S/c15-11-6-16-17(7-11)8-14(18)19-9-12-5-10-3-1-2-4-13(10)20-12/h1-4,6-7,12H,5,8-9,15H2. The molecule has 1 aliphatic rings. The van der Waals surface area contributed by atoms with Crippen molar-refractivity contribution in [2.24, 2.45) is 0 Å². The number of thioether (sulfide) groups is 1. The lowest BCUT2D eigenvalue weighted by atomic mass is 10.1. The van der Waals surface area contributed by atoms with Gasteiger partial charge < -0.3 is 10.5 Å². The summed E-state index contributed by atoms with van der Waals surface area (Å²) in [6, 6.07) is 8.29. The van der Waals surface area contributed by atoms with Gasteiger partial charge in [-0.1, -0.05) is 18.2 Å². The maximum absolute atomic E-state index is 11.7. The van der Waals surface area contributed by atoms with Crippen LogP contribution in [0.4, 0.5) is 5.69 Å². The van der Waals surface area contributed by atoms with E-state index in [0.717, 1.165) is 6.42 Å². The van der Waals surface area contributed by atoms with Gasteiger partial charge in [-0.25, -0.2) is 0 Å². The maximum atomic E-state index is 11.7. The zero-order chi connectivity index (χ0) is 13.9. The summed E-state index contributed by atoms with van der Waals surface area (Å²) < 4.78 is 6.79. The van der Waals surface area contributed by atoms with Crippen LogP contribution in [0.1, 0.15) is 5.56 Å². The number of carbonyl (C=O) groups is 1. The van der Waals surface area contributed by atoms with Crippen molar-refractivity contribution in [2.75, 3.05) is 12.3 Å². The first-order valence-electron chi connectivity index (χ1n) is 6.39. The van der Waals surface area contributed by atoms with Crippen molar-refractivity contribution < 1.29 is 9.53 Å². The Morgan fingerprint density at radius 3 is 3.10 bits per heavy atom. The Labute approximate surface area is 121 Å². The molecule has 2 heterocycles. The molecule has 0 bridgehead atoms. The van der Waals surface area contributed by atoms with Crippen molar-refractivity contribution >= 4 is 23.4 Å². The Kier molecular flexibility index (Phi) is 3.64. The van der Waals surface area contributed by atoms with Gasteiger partial charge in [0.15, 0.2) is 0 Å². The molecule has 0 radical (unpaired) electrons. The summed E-state index contributed by atoms with van der Waals surface area (Å²) in [6.45, 7) is 0.524. The van der Waals surface area contributed by atoms with Crippen LogP contribution < -0.4 is 5.73 Å². The quantitative estimate of drug-likeness (QED) is 0.868. The van der Waals surface area contributed by atoms with E-state index in [0.29, 0.717) is 17.5 Å². The molecule has 0 spiro atoms. The van der Waals surface area contributed by atoms with E-state index in [9.17, 15) is 4.79 Å². The minimum absolute atomic E-state index is 0.0987. The molecule has 0 amide bonds. The molecule has 20 heavy (non-hydrogen) atoms. The predicted molar refractivity (Wildman–Crippen MR) is 77.4 cm³/mol. The molecule has 0 saturated carbocycles. The summed E-state index contributed by atoms with van der Waals surface area (Å²) >= 11 is 1.77. The number of carbonyl (C=O) groups excluding carboxylic acids is 1. The van der Waals surface area contributed by atoms with Gasteiger partial charge in [0.05, 0.1) is 11.9 Å². The van der Waals surface area contributed by atoms with Crippen LogP contribution in [0.2, 0.25) is 0 Å². The van der Waals surface area contributed by atoms with Crippen molar-refractivity contribution in [2.45, 2.75) is 23.1 Å². The molecule has 6 heteroatoms. The van der Waals surface area contributed by atoms with Gasteiger partial charge in [0, 0.05) is 16.3 Å². The highest BCUT2D eigenvalue weighted by Crippen LogP contribution is 2.36. The molecule has 0 fully saturated rings. The monoisotopic (exact) mass is 289 g/mol. The number of ether oxygens (including phenoxy) is 1. The van der Waals surface area contributed by atoms with E-state index in [1.54, 1.807) is 18.0 Å². The lowest BCUT2D eigenvalue weighted by molar-refractivity contribution is -0.144. The van der Waals surface area contributed by atoms with Crippen LogP contribution in [0.25, 0.3) is 0 Å². The third-order valence-electron chi connectivity index (χ3n) is 3.09. The van der Waals surface area contributed by atoms with E-state index >= 15 is 0 Å². The molecule has 1 aliphatic heterocycles. The number of nitrogen functional groups attached to an aromatic ring is 1. The van der Waals surface area contributed by atoms with Crippen LogP contribution in [0.5, 0.6) is 0 Å². The van der Waals surface area contributed by atoms with Gasteiger partial charge >= 0.3 is 5.97 Å². The number of hydrogen-bond donors (Lipinski definition) is 1. The van der Waals surface area contributed by atoms with Gasteiger partial charge in [-0.15, -0.1) is 11.8 Å². The lowest BCUT2D eigenvalue weighted by Gasteiger charge is -2.09. The van der Waals surface area contributed by atoms with Crippen LogP contribution in [0, 0.1) is 0 Å². The van der Waals surface area contributed by atoms with Crippen LogP contribution >= 0.6 is 11.8 Å². The smallest absolute Gasteiger partial charge is 0.327 e. The van der Waals surface area contributed by atoms with E-state index < -0.39 is 0 Å². The summed E-state index contributed by atoms with van der Waals surface area (Å²) in [5.74, 6) is -0.287. The minimum Gasteiger partial charge on any atom is -0.463 e. The molecule has 1 aromatic carbocycles. The van der Waals surface area contributed by atoms with Crippen LogP contribution in [-0.4, -0.2) is 27.6 Å². The van der Waals surface area contributed by atoms with Crippen molar-refractivity contribution in [3.63, 3.8) is 0 Å². The summed E-state index contributed by atoms with van der Waals surface area (Å²) in [4.78, 5) is 13.0. The Hall–Kier alpha value is -1.95. The minimum atomic E-state index is -0.287. The fraction of sp³-hybridized carbons (Fsp3) is 0.286. The molecule has 5 nitrogen and oxygen atoms in total. The molecule has 0 aliphatic carbocycles. The van der Waals surface area contributed by atoms with Gasteiger partial charge in [0.2, 0.25) is 0 Å². The Morgan fingerprint density at radius 2 is 2.35 bits per heavy atom. The number of rotatable bonds is 4. The highest BCUT2D eigenvalue weighted by atomic mass is 32.2. The van der Waals surface area contributed by atoms with Crippen LogP contribution in [-0.2, 0) is 22.5 Å². The summed E-state index contributed by atoms with van der Waals surface area (Å²) in [5.41, 5.74) is 7.41. The van der Waals surface area contributed by atoms with Gasteiger partial charge in [-0.2, -0.15) is 5.10 Å². The van der Waals surface area contributed by atoms with Gasteiger partial charge in [0.1, 0.15) is 13.2 Å². The normalized spacial score (nSPS) is 16.9. The highest BCUT2D eigenvalue weighted by Gasteiger charge is 2.23. The lowest BCUT2D eigenvalue weighted by Crippen LogP contribution is -2.19. The third-order valence-corrected chi connectivity index (χ3v) is 4.38. The number of hydrogen-bond acceptors (Lipinski definition) is 5. The van der Waals surface area contributed by atoms with Crippen LogP contribution in [0.15, 0.2) is 41.6 Å². The second kappa shape index (κ2) is 5.58. The summed E-state index contributed by atoms with van der Waals surface area (Å²) in [7, 11) is 0. The highest BCUT2D eigenvalue weighted by molar-refractivity contribution is 8.00. The summed E-state index contributed by atoms with van der Waals surface area (Å²) in [5, 5.41) is 4.26. The van der Waals surface area contributed by atoms with Gasteiger partial charge in [0.25, 0.3) is 0 Å². The molecule has 1 atom stereocenters. The number of aromatic nitrogens is 2. The zero-order valence-electron chi connectivity index (χ0n) is 10.9. The fourth-order valence-corrected chi connectivity index (χ4v) is 3.39. The number of anilines is 1. The largest absolute Gasteiger partial charge is 0.463 e. The molecule has 1 aromatic heterocycles. The zero-order valence-corrected chi connectivity index (χ0v) is 11.7. The second-order valence-corrected chi connectivity index (χ2v) is 6.05. The first-order chi connectivity index (χ1) is 9.70. The van der Waals surface area contributed by atoms with Crippen molar-refractivity contribution in [3.05, 3.63) is 42.2 Å². The number of fused-ring (bicyclic) bond motifs is 1. The van der Waals surface area contributed by atoms with Gasteiger partial charge in [-0.05, 0) is 18.1 Å². The average Bonchev–Trinajstić information content (AvgIpc) is 3.02.